The highest BCUT2D eigenvalue weighted by molar-refractivity contribution is 5.85. The molecule has 0 radical (unpaired) electrons. The van der Waals surface area contributed by atoms with E-state index < -0.39 is 6.04 Å². The summed E-state index contributed by atoms with van der Waals surface area (Å²) in [5.41, 5.74) is 5.93. The van der Waals surface area contributed by atoms with E-state index in [4.69, 9.17) is 10.5 Å². The summed E-state index contributed by atoms with van der Waals surface area (Å²) in [6.45, 7) is 9.73. The molecule has 0 spiro atoms. The highest BCUT2D eigenvalue weighted by Crippen LogP contribution is 2.10. The zero-order valence-electron chi connectivity index (χ0n) is 15.3. The highest BCUT2D eigenvalue weighted by atomic mass is 35.5. The Morgan fingerprint density at radius 3 is 2.25 bits per heavy atom. The molecule has 3 N–H and O–H groups in total. The Bertz CT molecular complexity index is 388. The quantitative estimate of drug-likeness (QED) is 0.595. The number of halogens is 1. The number of carbonyl (C=O) groups is 2. The van der Waals surface area contributed by atoms with Gasteiger partial charge in [0, 0.05) is 46.4 Å². The largest absolute Gasteiger partial charge is 0.385 e. The van der Waals surface area contributed by atoms with Crippen LogP contribution in [0, 0.1) is 5.92 Å². The lowest BCUT2D eigenvalue weighted by atomic mass is 10.0. The first-order chi connectivity index (χ1) is 10.9. The Kier molecular flexibility index (Phi) is 11.2. The summed E-state index contributed by atoms with van der Waals surface area (Å²) in [4.78, 5) is 28.3. The van der Waals surface area contributed by atoms with Crippen molar-refractivity contribution in [2.45, 2.75) is 39.3 Å². The molecule has 24 heavy (non-hydrogen) atoms. The number of methoxy groups -OCH3 is 1. The molecule has 1 unspecified atom stereocenters. The summed E-state index contributed by atoms with van der Waals surface area (Å²) >= 11 is 0. The van der Waals surface area contributed by atoms with Crippen LogP contribution in [-0.2, 0) is 14.3 Å². The van der Waals surface area contributed by atoms with Gasteiger partial charge in [-0.3, -0.25) is 14.5 Å². The number of hydrogen-bond acceptors (Lipinski definition) is 5. The van der Waals surface area contributed by atoms with Gasteiger partial charge in [0.1, 0.15) is 0 Å². The molecule has 1 aliphatic rings. The average Bonchev–Trinajstić information content (AvgIpc) is 2.56. The number of nitrogens with two attached hydrogens (primary N) is 1. The molecule has 1 rings (SSSR count). The summed E-state index contributed by atoms with van der Waals surface area (Å²) in [5, 5.41) is 2.92. The number of carbonyl (C=O) groups excluding carboxylic acids is 2. The molecular formula is C16H33ClN4O3. The first kappa shape index (κ1) is 23.1. The molecule has 0 aromatic rings. The fraction of sp³-hybridized carbons (Fsp3) is 0.875. The second kappa shape index (κ2) is 11.6. The van der Waals surface area contributed by atoms with Gasteiger partial charge in [0.25, 0.3) is 0 Å². The molecule has 0 aromatic carbocycles. The van der Waals surface area contributed by atoms with Gasteiger partial charge in [-0.15, -0.1) is 12.4 Å². The van der Waals surface area contributed by atoms with Gasteiger partial charge < -0.3 is 20.7 Å². The van der Waals surface area contributed by atoms with E-state index in [-0.39, 0.29) is 36.2 Å². The first-order valence-corrected chi connectivity index (χ1v) is 8.43. The maximum absolute atomic E-state index is 12.2. The van der Waals surface area contributed by atoms with E-state index in [1.54, 1.807) is 7.11 Å². The minimum atomic E-state index is -0.442. The number of hydrogen-bond donors (Lipinski definition) is 2. The number of piperazine rings is 1. The summed E-state index contributed by atoms with van der Waals surface area (Å²) in [5.74, 6) is 0.174. The second-order valence-corrected chi connectivity index (χ2v) is 6.44. The van der Waals surface area contributed by atoms with Crippen LogP contribution in [0.5, 0.6) is 0 Å². The van der Waals surface area contributed by atoms with Crippen molar-refractivity contribution in [2.75, 3.05) is 46.4 Å². The van der Waals surface area contributed by atoms with Gasteiger partial charge in [-0.2, -0.15) is 0 Å². The van der Waals surface area contributed by atoms with Crippen LogP contribution in [0.2, 0.25) is 0 Å². The van der Waals surface area contributed by atoms with E-state index in [0.717, 1.165) is 6.42 Å². The van der Waals surface area contributed by atoms with Crippen LogP contribution in [0.25, 0.3) is 0 Å². The molecule has 2 amide bonds. The van der Waals surface area contributed by atoms with Gasteiger partial charge in [-0.1, -0.05) is 13.8 Å². The zero-order chi connectivity index (χ0) is 17.4. The number of nitrogens with zero attached hydrogens (tertiary/aromatic N) is 2. The third-order valence-electron chi connectivity index (χ3n) is 4.38. The maximum Gasteiger partial charge on any atom is 0.239 e. The third kappa shape index (κ3) is 6.93. The minimum Gasteiger partial charge on any atom is -0.385 e. The predicted molar refractivity (Wildman–Crippen MR) is 97.2 cm³/mol. The SMILES string of the molecule is COCCCNC(=O)C(C)N1CCN(C(=O)[C@@H](N)C(C)C)CC1.Cl. The third-order valence-corrected chi connectivity index (χ3v) is 4.38. The molecule has 1 aliphatic heterocycles. The molecular weight excluding hydrogens is 332 g/mol. The van der Waals surface area contributed by atoms with Crippen molar-refractivity contribution < 1.29 is 14.3 Å². The second-order valence-electron chi connectivity index (χ2n) is 6.44. The lowest BCUT2D eigenvalue weighted by molar-refractivity contribution is -0.136. The number of rotatable bonds is 8. The number of ether oxygens (including phenoxy) is 1. The van der Waals surface area contributed by atoms with Crippen LogP contribution >= 0.6 is 12.4 Å². The summed E-state index contributed by atoms with van der Waals surface area (Å²) in [6.07, 6.45) is 0.810. The normalized spacial score (nSPS) is 18.0. The van der Waals surface area contributed by atoms with Gasteiger partial charge in [0.15, 0.2) is 0 Å². The fourth-order valence-electron chi connectivity index (χ4n) is 2.57. The van der Waals surface area contributed by atoms with Crippen LogP contribution in [0.3, 0.4) is 0 Å². The minimum absolute atomic E-state index is 0. The monoisotopic (exact) mass is 364 g/mol. The zero-order valence-corrected chi connectivity index (χ0v) is 16.1. The smallest absolute Gasteiger partial charge is 0.239 e. The molecule has 1 heterocycles. The van der Waals surface area contributed by atoms with Crippen LogP contribution < -0.4 is 11.1 Å². The predicted octanol–water partition coefficient (Wildman–Crippen LogP) is 0.0769. The van der Waals surface area contributed by atoms with E-state index in [1.165, 1.54) is 0 Å². The van der Waals surface area contributed by atoms with Crippen molar-refractivity contribution in [3.63, 3.8) is 0 Å². The van der Waals surface area contributed by atoms with E-state index in [1.807, 2.05) is 25.7 Å². The van der Waals surface area contributed by atoms with Crippen molar-refractivity contribution >= 4 is 24.2 Å². The van der Waals surface area contributed by atoms with Crippen molar-refractivity contribution in [1.29, 1.82) is 0 Å². The number of nitrogens with one attached hydrogen (secondary N) is 1. The Morgan fingerprint density at radius 1 is 1.17 bits per heavy atom. The molecule has 7 nitrogen and oxygen atoms in total. The molecule has 1 saturated heterocycles. The van der Waals surface area contributed by atoms with Crippen LogP contribution in [0.15, 0.2) is 0 Å². The van der Waals surface area contributed by atoms with E-state index >= 15 is 0 Å². The van der Waals surface area contributed by atoms with Gasteiger partial charge in [-0.05, 0) is 19.3 Å². The molecule has 0 saturated carbocycles. The molecule has 0 bridgehead atoms. The standard InChI is InChI=1S/C16H32N4O3.ClH/c1-12(2)14(17)16(22)20-9-7-19(8-10-20)13(3)15(21)18-6-5-11-23-4;/h12-14H,5-11,17H2,1-4H3,(H,18,21);1H/t13?,14-;/m0./s1. The molecule has 142 valence electrons. The van der Waals surface area contributed by atoms with Crippen molar-refractivity contribution in [3.05, 3.63) is 0 Å². The first-order valence-electron chi connectivity index (χ1n) is 8.43. The number of amides is 2. The van der Waals surface area contributed by atoms with Crippen molar-refractivity contribution in [1.82, 2.24) is 15.1 Å². The Hall–Kier alpha value is -0.890. The Labute approximate surface area is 151 Å². The summed E-state index contributed by atoms with van der Waals surface area (Å²) in [6, 6.07) is -0.628. The average molecular weight is 365 g/mol. The summed E-state index contributed by atoms with van der Waals surface area (Å²) < 4.78 is 4.96. The van der Waals surface area contributed by atoms with Crippen LogP contribution in [0.4, 0.5) is 0 Å². The molecule has 0 aromatic heterocycles. The lowest BCUT2D eigenvalue weighted by Gasteiger charge is -2.38. The van der Waals surface area contributed by atoms with Gasteiger partial charge >= 0.3 is 0 Å². The fourth-order valence-corrected chi connectivity index (χ4v) is 2.57. The Morgan fingerprint density at radius 2 is 1.75 bits per heavy atom. The highest BCUT2D eigenvalue weighted by Gasteiger charge is 2.30. The summed E-state index contributed by atoms with van der Waals surface area (Å²) in [7, 11) is 1.65. The molecule has 1 fully saturated rings. The van der Waals surface area contributed by atoms with Crippen LogP contribution in [0.1, 0.15) is 27.2 Å². The van der Waals surface area contributed by atoms with Crippen molar-refractivity contribution in [2.24, 2.45) is 11.7 Å². The Balaban J connectivity index is 0.00000529. The molecule has 0 aliphatic carbocycles. The van der Waals surface area contributed by atoms with E-state index in [2.05, 4.69) is 10.2 Å². The topological polar surface area (TPSA) is 87.9 Å². The van der Waals surface area contributed by atoms with Gasteiger partial charge in [0.2, 0.25) is 11.8 Å². The van der Waals surface area contributed by atoms with Gasteiger partial charge in [-0.25, -0.2) is 0 Å². The van der Waals surface area contributed by atoms with Crippen LogP contribution in [-0.4, -0.2) is 80.1 Å². The molecule has 2 atom stereocenters. The maximum atomic E-state index is 12.2. The van der Waals surface area contributed by atoms with Gasteiger partial charge in [0.05, 0.1) is 12.1 Å². The van der Waals surface area contributed by atoms with E-state index in [0.29, 0.717) is 39.3 Å². The lowest BCUT2D eigenvalue weighted by Crippen LogP contribution is -2.57. The van der Waals surface area contributed by atoms with Crippen molar-refractivity contribution in [3.8, 4) is 0 Å². The van der Waals surface area contributed by atoms with E-state index in [9.17, 15) is 9.59 Å². The molecule has 8 heteroatoms.